The first-order valence-electron chi connectivity index (χ1n) is 7.01. The lowest BCUT2D eigenvalue weighted by Crippen LogP contribution is -2.47. The smallest absolute Gasteiger partial charge is 0.331 e. The van der Waals surface area contributed by atoms with Gasteiger partial charge in [-0.05, 0) is 36.3 Å². The van der Waals surface area contributed by atoms with Crippen LogP contribution >= 0.6 is 0 Å². The van der Waals surface area contributed by atoms with Crippen LogP contribution in [0.5, 0.6) is 0 Å². The van der Waals surface area contributed by atoms with E-state index in [2.05, 4.69) is 0 Å². The quantitative estimate of drug-likeness (QED) is 0.485. The Morgan fingerprint density at radius 1 is 1.41 bits per heavy atom. The molecule has 1 saturated heterocycles. The third kappa shape index (κ3) is 2.02. The van der Waals surface area contributed by atoms with Crippen LogP contribution in [0.15, 0.2) is 35.9 Å². The van der Waals surface area contributed by atoms with Crippen molar-refractivity contribution >= 4 is 11.9 Å². The van der Waals surface area contributed by atoms with E-state index in [-0.39, 0.29) is 19.8 Å². The van der Waals surface area contributed by atoms with Gasteiger partial charge in [-0.1, -0.05) is 12.1 Å². The Balaban J connectivity index is 2.11. The van der Waals surface area contributed by atoms with Crippen molar-refractivity contribution in [2.24, 2.45) is 5.41 Å². The van der Waals surface area contributed by atoms with E-state index < -0.39 is 29.3 Å². The summed E-state index contributed by atoms with van der Waals surface area (Å²) in [5.74, 6) is -1.79. The van der Waals surface area contributed by atoms with Crippen LogP contribution in [0, 0.1) is 11.2 Å². The summed E-state index contributed by atoms with van der Waals surface area (Å²) in [4.78, 5) is 25.0. The van der Waals surface area contributed by atoms with Crippen LogP contribution in [0.3, 0.4) is 0 Å². The van der Waals surface area contributed by atoms with Crippen LogP contribution in [0.25, 0.3) is 0 Å². The molecule has 0 aliphatic carbocycles. The molecular weight excluding hydrogens is 291 g/mol. The second kappa shape index (κ2) is 5.53. The predicted molar refractivity (Wildman–Crippen MR) is 73.2 cm³/mol. The number of hydrogen-bond donors (Lipinski definition) is 0. The van der Waals surface area contributed by atoms with Crippen LogP contribution < -0.4 is 0 Å². The second-order valence-corrected chi connectivity index (χ2v) is 5.10. The SMILES string of the molecule is CCOC(=O)C12C(=O)OCC=C1COC2c1ccc(F)cc1. The number of benzene rings is 1. The molecule has 0 N–H and O–H groups in total. The van der Waals surface area contributed by atoms with Gasteiger partial charge in [-0.3, -0.25) is 9.59 Å². The van der Waals surface area contributed by atoms with Crippen molar-refractivity contribution in [1.82, 2.24) is 0 Å². The van der Waals surface area contributed by atoms with Gasteiger partial charge < -0.3 is 14.2 Å². The number of hydrogen-bond acceptors (Lipinski definition) is 5. The number of cyclic esters (lactones) is 1. The highest BCUT2D eigenvalue weighted by Gasteiger charge is 2.63. The van der Waals surface area contributed by atoms with E-state index in [1.165, 1.54) is 24.3 Å². The van der Waals surface area contributed by atoms with Crippen molar-refractivity contribution in [2.75, 3.05) is 19.8 Å². The first-order valence-corrected chi connectivity index (χ1v) is 7.01. The molecule has 116 valence electrons. The Bertz CT molecular complexity index is 636. The zero-order chi connectivity index (χ0) is 15.7. The third-order valence-corrected chi connectivity index (χ3v) is 3.94. The van der Waals surface area contributed by atoms with Crippen LogP contribution in [-0.4, -0.2) is 31.8 Å². The summed E-state index contributed by atoms with van der Waals surface area (Å²) in [5, 5.41) is 0. The normalized spacial score (nSPS) is 26.9. The maximum Gasteiger partial charge on any atom is 0.331 e. The van der Waals surface area contributed by atoms with Gasteiger partial charge in [0.2, 0.25) is 5.41 Å². The summed E-state index contributed by atoms with van der Waals surface area (Å²) >= 11 is 0. The maximum absolute atomic E-state index is 13.1. The number of ether oxygens (including phenoxy) is 3. The lowest BCUT2D eigenvalue weighted by atomic mass is 9.73. The zero-order valence-corrected chi connectivity index (χ0v) is 12.0. The predicted octanol–water partition coefficient (Wildman–Crippen LogP) is 1.93. The highest BCUT2D eigenvalue weighted by Crippen LogP contribution is 2.51. The molecule has 2 aliphatic heterocycles. The highest BCUT2D eigenvalue weighted by atomic mass is 19.1. The van der Waals surface area contributed by atoms with E-state index in [0.717, 1.165) is 0 Å². The minimum Gasteiger partial charge on any atom is -0.465 e. The Hall–Kier alpha value is -2.21. The van der Waals surface area contributed by atoms with E-state index in [0.29, 0.717) is 11.1 Å². The standard InChI is InChI=1S/C16H15FO5/c1-2-20-14(18)16-11(7-8-21-15(16)19)9-22-13(16)10-3-5-12(17)6-4-10/h3-7,13H,2,8-9H2,1H3. The Kier molecular flexibility index (Phi) is 3.70. The molecule has 0 amide bonds. The van der Waals surface area contributed by atoms with Crippen molar-refractivity contribution in [3.05, 3.63) is 47.3 Å². The Labute approximate surface area is 126 Å². The Morgan fingerprint density at radius 3 is 2.82 bits per heavy atom. The van der Waals surface area contributed by atoms with Crippen LogP contribution in [0.1, 0.15) is 18.6 Å². The number of carbonyl (C=O) groups excluding carboxylic acids is 2. The van der Waals surface area contributed by atoms with Gasteiger partial charge in [-0.2, -0.15) is 0 Å². The molecule has 22 heavy (non-hydrogen) atoms. The van der Waals surface area contributed by atoms with E-state index in [4.69, 9.17) is 14.2 Å². The van der Waals surface area contributed by atoms with Gasteiger partial charge in [0.25, 0.3) is 0 Å². The van der Waals surface area contributed by atoms with Gasteiger partial charge in [0.1, 0.15) is 18.5 Å². The average molecular weight is 306 g/mol. The molecule has 2 atom stereocenters. The molecule has 1 fully saturated rings. The molecule has 0 spiro atoms. The van der Waals surface area contributed by atoms with Gasteiger partial charge in [0.15, 0.2) is 0 Å². The first-order chi connectivity index (χ1) is 10.6. The van der Waals surface area contributed by atoms with E-state index in [1.54, 1.807) is 13.0 Å². The van der Waals surface area contributed by atoms with Crippen LogP contribution in [0.4, 0.5) is 4.39 Å². The fraction of sp³-hybridized carbons (Fsp3) is 0.375. The van der Waals surface area contributed by atoms with Crippen molar-refractivity contribution in [2.45, 2.75) is 13.0 Å². The Morgan fingerprint density at radius 2 is 2.14 bits per heavy atom. The van der Waals surface area contributed by atoms with E-state index >= 15 is 0 Å². The molecule has 0 bridgehead atoms. The van der Waals surface area contributed by atoms with Crippen molar-refractivity contribution in [1.29, 1.82) is 0 Å². The zero-order valence-electron chi connectivity index (χ0n) is 12.0. The van der Waals surface area contributed by atoms with Gasteiger partial charge >= 0.3 is 11.9 Å². The number of fused-ring (bicyclic) bond motifs is 1. The molecule has 2 heterocycles. The summed E-state index contributed by atoms with van der Waals surface area (Å²) in [7, 11) is 0. The topological polar surface area (TPSA) is 61.8 Å². The summed E-state index contributed by atoms with van der Waals surface area (Å²) in [6.45, 7) is 2.04. The molecule has 6 heteroatoms. The monoisotopic (exact) mass is 306 g/mol. The third-order valence-electron chi connectivity index (χ3n) is 3.94. The van der Waals surface area contributed by atoms with E-state index in [1.807, 2.05) is 0 Å². The fourth-order valence-electron chi connectivity index (χ4n) is 2.92. The molecule has 2 unspecified atom stereocenters. The molecule has 1 aromatic rings. The first kappa shape index (κ1) is 14.7. The lowest BCUT2D eigenvalue weighted by molar-refractivity contribution is -0.174. The lowest BCUT2D eigenvalue weighted by Gasteiger charge is -2.32. The highest BCUT2D eigenvalue weighted by molar-refractivity contribution is 6.05. The molecule has 0 aromatic heterocycles. The van der Waals surface area contributed by atoms with Crippen molar-refractivity contribution in [3.63, 3.8) is 0 Å². The summed E-state index contributed by atoms with van der Waals surface area (Å²) in [6, 6.07) is 5.50. The van der Waals surface area contributed by atoms with Gasteiger partial charge in [-0.25, -0.2) is 4.39 Å². The number of esters is 2. The minimum atomic E-state index is -1.63. The second-order valence-electron chi connectivity index (χ2n) is 5.10. The van der Waals surface area contributed by atoms with Crippen LogP contribution in [-0.2, 0) is 23.8 Å². The van der Waals surface area contributed by atoms with E-state index in [9.17, 15) is 14.0 Å². The largest absolute Gasteiger partial charge is 0.465 e. The molecular formula is C16H15FO5. The summed E-state index contributed by atoms with van der Waals surface area (Å²) in [6.07, 6.45) is 0.785. The van der Waals surface area contributed by atoms with Gasteiger partial charge in [0, 0.05) is 0 Å². The molecule has 5 nitrogen and oxygen atoms in total. The molecule has 3 rings (SSSR count). The number of rotatable bonds is 3. The van der Waals surface area contributed by atoms with Crippen LogP contribution in [0.2, 0.25) is 0 Å². The van der Waals surface area contributed by atoms with Crippen molar-refractivity contribution in [3.8, 4) is 0 Å². The molecule has 0 saturated carbocycles. The van der Waals surface area contributed by atoms with Gasteiger partial charge in [0.05, 0.1) is 13.2 Å². The molecule has 0 radical (unpaired) electrons. The minimum absolute atomic E-state index is 0.106. The number of carbonyl (C=O) groups is 2. The maximum atomic E-state index is 13.1. The van der Waals surface area contributed by atoms with Crippen molar-refractivity contribution < 1.29 is 28.2 Å². The summed E-state index contributed by atoms with van der Waals surface area (Å²) in [5.41, 5.74) is -0.570. The number of halogens is 1. The average Bonchev–Trinajstić information content (AvgIpc) is 2.90. The molecule has 2 aliphatic rings. The fourth-order valence-corrected chi connectivity index (χ4v) is 2.92. The molecule has 1 aromatic carbocycles. The summed E-state index contributed by atoms with van der Waals surface area (Å²) < 4.78 is 29.0. The van der Waals surface area contributed by atoms with Gasteiger partial charge in [-0.15, -0.1) is 0 Å².